The van der Waals surface area contributed by atoms with Gasteiger partial charge in [-0.15, -0.1) is 0 Å². The van der Waals surface area contributed by atoms with Crippen LogP contribution in [0.5, 0.6) is 0 Å². The normalized spacial score (nSPS) is 19.9. The lowest BCUT2D eigenvalue weighted by Crippen LogP contribution is -2.25. The van der Waals surface area contributed by atoms with Gasteiger partial charge in [-0.3, -0.25) is 9.59 Å². The lowest BCUT2D eigenvalue weighted by Gasteiger charge is -2.36. The summed E-state index contributed by atoms with van der Waals surface area (Å²) in [5, 5.41) is 0. The topological polar surface area (TPSA) is 52.6 Å². The Balaban J connectivity index is 1.63. The molecule has 0 N–H and O–H groups in total. The number of rotatable bonds is 13. The summed E-state index contributed by atoms with van der Waals surface area (Å²) in [4.78, 5) is 24.9. The van der Waals surface area contributed by atoms with Gasteiger partial charge in [0, 0.05) is 12.8 Å². The molecule has 0 radical (unpaired) electrons. The van der Waals surface area contributed by atoms with E-state index in [4.69, 9.17) is 9.47 Å². The van der Waals surface area contributed by atoms with Crippen molar-refractivity contribution in [1.29, 1.82) is 0 Å². The van der Waals surface area contributed by atoms with Crippen molar-refractivity contribution < 1.29 is 19.1 Å². The molecule has 0 aliphatic heterocycles. The average Bonchev–Trinajstić information content (AvgIpc) is 2.90. The van der Waals surface area contributed by atoms with Crippen molar-refractivity contribution in [2.24, 2.45) is 33.5 Å². The minimum Gasteiger partial charge on any atom is -0.466 e. The molecular formula is C40H66O4. The molecule has 2 aliphatic carbocycles. The fourth-order valence-electron chi connectivity index (χ4n) is 5.81. The molecule has 4 heteroatoms. The number of carbonyl (C=O) groups is 2. The van der Waals surface area contributed by atoms with Gasteiger partial charge < -0.3 is 9.47 Å². The van der Waals surface area contributed by atoms with Crippen LogP contribution >= 0.6 is 0 Å². The number of unbranched alkanes of at least 4 members (excludes halogenated alkanes) is 3. The van der Waals surface area contributed by atoms with E-state index in [1.807, 2.05) is 0 Å². The van der Waals surface area contributed by atoms with E-state index < -0.39 is 0 Å². The van der Waals surface area contributed by atoms with Crippen molar-refractivity contribution in [2.45, 2.75) is 147 Å². The Morgan fingerprint density at radius 2 is 0.932 bits per heavy atom. The van der Waals surface area contributed by atoms with Crippen LogP contribution in [0.4, 0.5) is 0 Å². The first-order valence-corrected chi connectivity index (χ1v) is 17.3. The van der Waals surface area contributed by atoms with Crippen molar-refractivity contribution in [3.8, 4) is 0 Å². The van der Waals surface area contributed by atoms with Gasteiger partial charge in [0.15, 0.2) is 0 Å². The van der Waals surface area contributed by atoms with Crippen LogP contribution in [0.2, 0.25) is 0 Å². The van der Waals surface area contributed by atoms with Gasteiger partial charge in [-0.2, -0.15) is 0 Å². The Morgan fingerprint density at radius 1 is 0.591 bits per heavy atom. The van der Waals surface area contributed by atoms with Gasteiger partial charge in [0.25, 0.3) is 0 Å². The maximum Gasteiger partial charge on any atom is 0.306 e. The molecule has 0 saturated carbocycles. The van der Waals surface area contributed by atoms with E-state index in [1.165, 1.54) is 22.3 Å². The van der Waals surface area contributed by atoms with Crippen molar-refractivity contribution >= 4 is 11.9 Å². The Hall–Kier alpha value is -2.10. The molecule has 2 aliphatic rings. The van der Waals surface area contributed by atoms with Gasteiger partial charge in [0.1, 0.15) is 0 Å². The number of carbonyl (C=O) groups excluding carboxylic acids is 2. The van der Waals surface area contributed by atoms with E-state index in [-0.39, 0.29) is 33.6 Å². The van der Waals surface area contributed by atoms with Crippen LogP contribution in [0.1, 0.15) is 147 Å². The van der Waals surface area contributed by atoms with Crippen LogP contribution in [0.3, 0.4) is 0 Å². The zero-order valence-electron chi connectivity index (χ0n) is 30.6. The Labute approximate surface area is 271 Å². The summed E-state index contributed by atoms with van der Waals surface area (Å²) >= 11 is 0. The van der Waals surface area contributed by atoms with Crippen LogP contribution in [0, 0.1) is 33.5 Å². The number of allylic oxidation sites excluding steroid dienone is 8. The smallest absolute Gasteiger partial charge is 0.306 e. The Kier molecular flexibility index (Phi) is 13.8. The van der Waals surface area contributed by atoms with Crippen LogP contribution < -0.4 is 0 Å². The summed E-state index contributed by atoms with van der Waals surface area (Å²) in [6, 6.07) is 0. The third kappa shape index (κ3) is 13.5. The standard InChI is InChI=1S/C40H66O4/c1-37(2,3)31-23-29(24-32(27-31)38(4,5)6)17-19-35(41)43-21-15-13-14-16-22-44-36(42)20-18-30-25-33(39(7,8)9)28-34(26-30)40(10,11)12/h23-26,31,33H,13-22,27-28H2,1-12H3. The molecule has 0 aromatic carbocycles. The van der Waals surface area contributed by atoms with Crippen molar-refractivity contribution in [1.82, 2.24) is 0 Å². The minimum atomic E-state index is -0.116. The SMILES string of the molecule is CC(C)(C)C1=CC(CCC(=O)OCCCCCCOC(=O)CCC2=CC(C(C)(C)C)CC(C(C)(C)C)=C2)=CC(C(C)(C)C)C1. The van der Waals surface area contributed by atoms with E-state index >= 15 is 0 Å². The largest absolute Gasteiger partial charge is 0.466 e. The quantitative estimate of drug-likeness (QED) is 0.154. The Bertz CT molecular complexity index is 998. The zero-order valence-corrected chi connectivity index (χ0v) is 30.6. The number of hydrogen-bond donors (Lipinski definition) is 0. The second-order valence-corrected chi connectivity index (χ2v) is 17.5. The summed E-state index contributed by atoms with van der Waals surface area (Å²) in [5.74, 6) is 0.743. The first-order valence-electron chi connectivity index (χ1n) is 17.3. The summed E-state index contributed by atoms with van der Waals surface area (Å²) in [7, 11) is 0. The summed E-state index contributed by atoms with van der Waals surface area (Å²) in [6.07, 6.45) is 17.5. The zero-order chi connectivity index (χ0) is 33.3. The predicted octanol–water partition coefficient (Wildman–Crippen LogP) is 11.1. The number of ether oxygens (including phenoxy) is 2. The van der Waals surface area contributed by atoms with Gasteiger partial charge in [-0.25, -0.2) is 0 Å². The Morgan fingerprint density at radius 3 is 1.23 bits per heavy atom. The molecule has 0 amide bonds. The highest BCUT2D eigenvalue weighted by Crippen LogP contribution is 2.44. The van der Waals surface area contributed by atoms with E-state index in [1.54, 1.807) is 0 Å². The van der Waals surface area contributed by atoms with Gasteiger partial charge in [0.2, 0.25) is 0 Å². The maximum atomic E-state index is 12.4. The number of esters is 2. The van der Waals surface area contributed by atoms with E-state index in [2.05, 4.69) is 107 Å². The average molecular weight is 611 g/mol. The molecule has 250 valence electrons. The molecule has 0 saturated heterocycles. The first-order chi connectivity index (χ1) is 20.2. The minimum absolute atomic E-state index is 0.116. The molecule has 0 spiro atoms. The highest BCUT2D eigenvalue weighted by atomic mass is 16.5. The monoisotopic (exact) mass is 610 g/mol. The third-order valence-electron chi connectivity index (χ3n) is 9.38. The summed E-state index contributed by atoms with van der Waals surface area (Å²) in [5.41, 5.74) is 6.15. The number of hydrogen-bond acceptors (Lipinski definition) is 4. The first kappa shape index (κ1) is 38.1. The molecule has 0 bridgehead atoms. The van der Waals surface area contributed by atoms with E-state index in [9.17, 15) is 9.59 Å². The second kappa shape index (κ2) is 15.9. The lowest BCUT2D eigenvalue weighted by molar-refractivity contribution is -0.144. The molecule has 2 unspecified atom stereocenters. The molecular weight excluding hydrogens is 544 g/mol. The van der Waals surface area contributed by atoms with E-state index in [0.29, 0.717) is 37.9 Å². The highest BCUT2D eigenvalue weighted by Gasteiger charge is 2.32. The third-order valence-corrected chi connectivity index (χ3v) is 9.38. The van der Waals surface area contributed by atoms with Gasteiger partial charge in [-0.05, 0) is 84.9 Å². The second-order valence-electron chi connectivity index (χ2n) is 17.5. The fourth-order valence-corrected chi connectivity index (χ4v) is 5.81. The summed E-state index contributed by atoms with van der Waals surface area (Å²) in [6.45, 7) is 28.4. The maximum absolute atomic E-state index is 12.4. The van der Waals surface area contributed by atoms with Crippen molar-refractivity contribution in [3.05, 3.63) is 46.6 Å². The van der Waals surface area contributed by atoms with Crippen LogP contribution in [-0.2, 0) is 19.1 Å². The molecule has 0 aromatic heterocycles. The molecule has 0 heterocycles. The molecule has 0 aromatic rings. The van der Waals surface area contributed by atoms with Gasteiger partial charge in [0.05, 0.1) is 13.2 Å². The molecule has 44 heavy (non-hydrogen) atoms. The van der Waals surface area contributed by atoms with Gasteiger partial charge >= 0.3 is 11.9 Å². The molecule has 0 fully saturated rings. The lowest BCUT2D eigenvalue weighted by atomic mass is 9.69. The predicted molar refractivity (Wildman–Crippen MR) is 185 cm³/mol. The van der Waals surface area contributed by atoms with E-state index in [0.717, 1.165) is 51.4 Å². The molecule has 2 atom stereocenters. The van der Waals surface area contributed by atoms with Gasteiger partial charge in [-0.1, -0.05) is 130 Å². The molecule has 4 nitrogen and oxygen atoms in total. The van der Waals surface area contributed by atoms with Crippen LogP contribution in [-0.4, -0.2) is 25.2 Å². The highest BCUT2D eigenvalue weighted by molar-refractivity contribution is 5.70. The van der Waals surface area contributed by atoms with Crippen LogP contribution in [0.15, 0.2) is 46.6 Å². The molecule has 2 rings (SSSR count). The van der Waals surface area contributed by atoms with Crippen molar-refractivity contribution in [3.63, 3.8) is 0 Å². The summed E-state index contributed by atoms with van der Waals surface area (Å²) < 4.78 is 11.1. The van der Waals surface area contributed by atoms with Crippen LogP contribution in [0.25, 0.3) is 0 Å². The van der Waals surface area contributed by atoms with Crippen molar-refractivity contribution in [2.75, 3.05) is 13.2 Å². The fraction of sp³-hybridized carbons (Fsp3) is 0.750.